The van der Waals surface area contributed by atoms with Crippen LogP contribution in [-0.2, 0) is 6.61 Å². The summed E-state index contributed by atoms with van der Waals surface area (Å²) in [6.45, 7) is 5.14. The lowest BCUT2D eigenvalue weighted by Crippen LogP contribution is -2.35. The minimum atomic E-state index is 0.507. The van der Waals surface area contributed by atoms with Gasteiger partial charge < -0.3 is 14.4 Å². The van der Waals surface area contributed by atoms with Crippen molar-refractivity contribution in [1.82, 2.24) is 20.1 Å². The number of fused-ring (bicyclic) bond motifs is 3. The number of aromatic nitrogens is 3. The van der Waals surface area contributed by atoms with Crippen molar-refractivity contribution in [1.29, 1.82) is 0 Å². The van der Waals surface area contributed by atoms with Gasteiger partial charge in [0.25, 0.3) is 0 Å². The van der Waals surface area contributed by atoms with Gasteiger partial charge in [-0.15, -0.1) is 5.10 Å². The highest BCUT2D eigenvalue weighted by Gasteiger charge is 2.30. The van der Waals surface area contributed by atoms with E-state index in [1.54, 1.807) is 13.3 Å². The van der Waals surface area contributed by atoms with Crippen molar-refractivity contribution in [2.75, 3.05) is 38.2 Å². The van der Waals surface area contributed by atoms with E-state index in [2.05, 4.69) is 50.3 Å². The molecule has 2 aromatic heterocycles. The number of nitrogens with zero attached hydrogens (tertiary/aromatic N) is 5. The summed E-state index contributed by atoms with van der Waals surface area (Å²) in [7, 11) is 1.60. The zero-order valence-electron chi connectivity index (χ0n) is 18.3. The van der Waals surface area contributed by atoms with Gasteiger partial charge in [0.1, 0.15) is 12.4 Å². The quantitative estimate of drug-likeness (QED) is 0.625. The fraction of sp³-hybridized carbons (Fsp3) is 0.400. The van der Waals surface area contributed by atoms with Crippen molar-refractivity contribution in [3.8, 4) is 34.0 Å². The average molecular weight is 430 g/mol. The SMILES string of the molecule is COc1cc(-c2ccc3c(c2)COc2nc(N4CCC(N5CCCC5)C4)ccc2-3)cnn1. The van der Waals surface area contributed by atoms with E-state index in [-0.39, 0.29) is 0 Å². The van der Waals surface area contributed by atoms with E-state index in [4.69, 9.17) is 14.5 Å². The molecule has 7 nitrogen and oxygen atoms in total. The van der Waals surface area contributed by atoms with Gasteiger partial charge in [-0.1, -0.05) is 12.1 Å². The van der Waals surface area contributed by atoms with Gasteiger partial charge >= 0.3 is 0 Å². The highest BCUT2D eigenvalue weighted by atomic mass is 16.5. The van der Waals surface area contributed by atoms with Crippen LogP contribution in [0, 0.1) is 0 Å². The highest BCUT2D eigenvalue weighted by Crippen LogP contribution is 2.39. The number of benzene rings is 1. The number of pyridine rings is 1. The second kappa shape index (κ2) is 8.06. The maximum absolute atomic E-state index is 6.11. The zero-order valence-corrected chi connectivity index (χ0v) is 18.3. The molecule has 1 unspecified atom stereocenters. The normalized spacial score (nSPS) is 20.0. The summed E-state index contributed by atoms with van der Waals surface area (Å²) >= 11 is 0. The second-order valence-corrected chi connectivity index (χ2v) is 8.80. The Balaban J connectivity index is 1.25. The van der Waals surface area contributed by atoms with E-state index in [1.807, 2.05) is 6.07 Å². The van der Waals surface area contributed by atoms with E-state index in [0.29, 0.717) is 18.5 Å². The van der Waals surface area contributed by atoms with Gasteiger partial charge in [0.15, 0.2) is 0 Å². The summed E-state index contributed by atoms with van der Waals surface area (Å²) < 4.78 is 11.3. The Labute approximate surface area is 188 Å². The van der Waals surface area contributed by atoms with Crippen LogP contribution in [0.4, 0.5) is 5.82 Å². The number of hydrogen-bond donors (Lipinski definition) is 0. The van der Waals surface area contributed by atoms with Crippen LogP contribution in [0.5, 0.6) is 11.8 Å². The van der Waals surface area contributed by atoms with Gasteiger partial charge in [-0.2, -0.15) is 10.1 Å². The maximum atomic E-state index is 6.11. The van der Waals surface area contributed by atoms with Gasteiger partial charge in [0, 0.05) is 36.3 Å². The van der Waals surface area contributed by atoms with E-state index < -0.39 is 0 Å². The zero-order chi connectivity index (χ0) is 21.5. The fourth-order valence-corrected chi connectivity index (χ4v) is 5.18. The molecule has 1 aromatic carbocycles. The average Bonchev–Trinajstić information content (AvgIpc) is 3.55. The summed E-state index contributed by atoms with van der Waals surface area (Å²) in [6, 6.07) is 13.3. The van der Waals surface area contributed by atoms with E-state index in [0.717, 1.165) is 47.0 Å². The molecule has 1 atom stereocenters. The van der Waals surface area contributed by atoms with Crippen molar-refractivity contribution >= 4 is 5.82 Å². The summed E-state index contributed by atoms with van der Waals surface area (Å²) in [4.78, 5) is 9.97. The maximum Gasteiger partial charge on any atom is 0.233 e. The minimum absolute atomic E-state index is 0.507. The molecule has 0 spiro atoms. The van der Waals surface area contributed by atoms with E-state index in [9.17, 15) is 0 Å². The first-order chi connectivity index (χ1) is 15.8. The Morgan fingerprint density at radius 3 is 2.75 bits per heavy atom. The third-order valence-corrected chi connectivity index (χ3v) is 6.92. The predicted molar refractivity (Wildman–Crippen MR) is 123 cm³/mol. The van der Waals surface area contributed by atoms with Crippen LogP contribution in [0.3, 0.4) is 0 Å². The molecular formula is C25H27N5O2. The first kappa shape index (κ1) is 19.5. The van der Waals surface area contributed by atoms with Crippen LogP contribution in [0.25, 0.3) is 22.3 Å². The molecule has 0 bridgehead atoms. The molecule has 2 fully saturated rings. The number of ether oxygens (including phenoxy) is 2. The number of hydrogen-bond acceptors (Lipinski definition) is 7. The summed E-state index contributed by atoms with van der Waals surface area (Å²) in [6.07, 6.45) is 5.66. The Bertz CT molecular complexity index is 1140. The van der Waals surface area contributed by atoms with Crippen LogP contribution < -0.4 is 14.4 Å². The molecule has 0 radical (unpaired) electrons. The molecule has 3 aliphatic rings. The number of methoxy groups -OCH3 is 1. The van der Waals surface area contributed by atoms with Crippen molar-refractivity contribution < 1.29 is 9.47 Å². The van der Waals surface area contributed by atoms with Crippen LogP contribution in [0.1, 0.15) is 24.8 Å². The molecule has 0 N–H and O–H groups in total. The smallest absolute Gasteiger partial charge is 0.233 e. The molecule has 2 saturated heterocycles. The first-order valence-electron chi connectivity index (χ1n) is 11.4. The first-order valence-corrected chi connectivity index (χ1v) is 11.4. The lowest BCUT2D eigenvalue weighted by molar-refractivity contribution is 0.260. The largest absolute Gasteiger partial charge is 0.480 e. The van der Waals surface area contributed by atoms with Gasteiger partial charge in [-0.05, 0) is 67.2 Å². The lowest BCUT2D eigenvalue weighted by Gasteiger charge is -2.25. The fourth-order valence-electron chi connectivity index (χ4n) is 5.18. The molecule has 0 aliphatic carbocycles. The Kier molecular flexibility index (Phi) is 4.91. The molecule has 3 aliphatic heterocycles. The summed E-state index contributed by atoms with van der Waals surface area (Å²) in [5.41, 5.74) is 5.43. The van der Waals surface area contributed by atoms with Crippen LogP contribution in [-0.4, -0.2) is 59.4 Å². The monoisotopic (exact) mass is 429 g/mol. The Morgan fingerprint density at radius 1 is 1.00 bits per heavy atom. The molecule has 0 saturated carbocycles. The molecule has 5 heterocycles. The van der Waals surface area contributed by atoms with E-state index >= 15 is 0 Å². The molecular weight excluding hydrogens is 402 g/mol. The Hall–Kier alpha value is -3.19. The van der Waals surface area contributed by atoms with Crippen molar-refractivity contribution in [2.24, 2.45) is 0 Å². The van der Waals surface area contributed by atoms with Crippen LogP contribution in [0.2, 0.25) is 0 Å². The number of likely N-dealkylation sites (tertiary alicyclic amines) is 1. The number of anilines is 1. The Morgan fingerprint density at radius 2 is 1.88 bits per heavy atom. The second-order valence-electron chi connectivity index (χ2n) is 8.80. The van der Waals surface area contributed by atoms with Crippen molar-refractivity contribution in [3.05, 3.63) is 48.2 Å². The van der Waals surface area contributed by atoms with Gasteiger partial charge in [-0.3, -0.25) is 4.90 Å². The lowest BCUT2D eigenvalue weighted by atomic mass is 9.95. The third kappa shape index (κ3) is 3.46. The summed E-state index contributed by atoms with van der Waals surface area (Å²) in [5, 5.41) is 7.99. The van der Waals surface area contributed by atoms with E-state index in [1.165, 1.54) is 37.9 Å². The van der Waals surface area contributed by atoms with Gasteiger partial charge in [-0.25, -0.2) is 0 Å². The highest BCUT2D eigenvalue weighted by molar-refractivity contribution is 5.78. The van der Waals surface area contributed by atoms with Crippen molar-refractivity contribution in [3.63, 3.8) is 0 Å². The topological polar surface area (TPSA) is 63.6 Å². The number of rotatable bonds is 4. The van der Waals surface area contributed by atoms with Crippen molar-refractivity contribution in [2.45, 2.75) is 31.9 Å². The third-order valence-electron chi connectivity index (χ3n) is 6.92. The molecule has 3 aromatic rings. The molecule has 164 valence electrons. The molecule has 0 amide bonds. The van der Waals surface area contributed by atoms with Gasteiger partial charge in [0.2, 0.25) is 11.8 Å². The predicted octanol–water partition coefficient (Wildman–Crippen LogP) is 3.78. The van der Waals surface area contributed by atoms with Crippen LogP contribution in [0.15, 0.2) is 42.6 Å². The van der Waals surface area contributed by atoms with Gasteiger partial charge in [0.05, 0.1) is 13.3 Å². The van der Waals surface area contributed by atoms with Crippen LogP contribution >= 0.6 is 0 Å². The molecule has 7 heteroatoms. The standard InChI is InChI=1S/C25H27N5O2/c1-31-24-13-18(14-26-28-24)17-4-5-21-19(12-17)16-32-25-22(21)6-7-23(27-25)30-11-8-20(15-30)29-9-2-3-10-29/h4-7,12-14,20H,2-3,8-11,15-16H2,1H3. The minimum Gasteiger partial charge on any atom is -0.480 e. The summed E-state index contributed by atoms with van der Waals surface area (Å²) in [5.74, 6) is 2.27. The molecule has 32 heavy (non-hydrogen) atoms. The molecule has 6 rings (SSSR count).